The van der Waals surface area contributed by atoms with Gasteiger partial charge in [-0.1, -0.05) is 0 Å². The number of hydrogen-bond acceptors (Lipinski definition) is 9. The molecule has 2 aromatic rings. The highest BCUT2D eigenvalue weighted by molar-refractivity contribution is 5.70. The standard InChI is InChI=1S/C14H15N9O2/c15-2-7-22(8-3-16)14-12(23(24)25)13(19-10-20-14)18-4-1-6-21-9-5-17-11-21/h5,9-11H,1,4,6-8H2,(H,18,19,20). The lowest BCUT2D eigenvalue weighted by molar-refractivity contribution is -0.383. The molecule has 0 atom stereocenters. The Labute approximate surface area is 143 Å². The van der Waals surface area contributed by atoms with Crippen molar-refractivity contribution in [3.05, 3.63) is 35.2 Å². The third-order valence-electron chi connectivity index (χ3n) is 3.25. The second-order valence-electron chi connectivity index (χ2n) is 4.90. The predicted molar refractivity (Wildman–Crippen MR) is 87.5 cm³/mol. The van der Waals surface area contributed by atoms with Crippen LogP contribution in [-0.4, -0.2) is 44.1 Å². The summed E-state index contributed by atoms with van der Waals surface area (Å²) in [4.78, 5) is 23.8. The summed E-state index contributed by atoms with van der Waals surface area (Å²) in [7, 11) is 0. The van der Waals surface area contributed by atoms with Gasteiger partial charge in [0.2, 0.25) is 11.6 Å². The van der Waals surface area contributed by atoms with Crippen molar-refractivity contribution in [2.45, 2.75) is 13.0 Å². The molecule has 0 aromatic carbocycles. The highest BCUT2D eigenvalue weighted by Crippen LogP contribution is 2.31. The Morgan fingerprint density at radius 3 is 2.68 bits per heavy atom. The van der Waals surface area contributed by atoms with Crippen LogP contribution in [0.15, 0.2) is 25.0 Å². The van der Waals surface area contributed by atoms with Crippen molar-refractivity contribution >= 4 is 17.3 Å². The molecule has 0 aliphatic heterocycles. The molecular weight excluding hydrogens is 326 g/mol. The molecule has 2 heterocycles. The van der Waals surface area contributed by atoms with Crippen LogP contribution in [0.25, 0.3) is 0 Å². The van der Waals surface area contributed by atoms with Crippen LogP contribution in [0.1, 0.15) is 6.42 Å². The maximum Gasteiger partial charge on any atom is 0.353 e. The molecule has 0 aliphatic carbocycles. The number of aromatic nitrogens is 4. The first kappa shape index (κ1) is 17.6. The number of nitrogens with zero attached hydrogens (tertiary/aromatic N) is 8. The lowest BCUT2D eigenvalue weighted by Crippen LogP contribution is -2.26. The quantitative estimate of drug-likeness (QED) is 0.304. The van der Waals surface area contributed by atoms with E-state index >= 15 is 0 Å². The van der Waals surface area contributed by atoms with Gasteiger partial charge in [0.15, 0.2) is 0 Å². The first-order valence-corrected chi connectivity index (χ1v) is 7.35. The number of hydrogen-bond donors (Lipinski definition) is 1. The van der Waals surface area contributed by atoms with Gasteiger partial charge >= 0.3 is 5.69 Å². The van der Waals surface area contributed by atoms with Crippen molar-refractivity contribution in [2.24, 2.45) is 0 Å². The van der Waals surface area contributed by atoms with E-state index in [-0.39, 0.29) is 30.4 Å². The molecule has 0 aliphatic rings. The lowest BCUT2D eigenvalue weighted by atomic mass is 10.3. The van der Waals surface area contributed by atoms with Crippen LogP contribution in [0.4, 0.5) is 17.3 Å². The fourth-order valence-electron chi connectivity index (χ4n) is 2.16. The number of anilines is 2. The van der Waals surface area contributed by atoms with Crippen LogP contribution >= 0.6 is 0 Å². The molecule has 0 unspecified atom stereocenters. The molecule has 0 saturated carbocycles. The summed E-state index contributed by atoms with van der Waals surface area (Å²) in [5.41, 5.74) is -0.351. The Bertz CT molecular complexity index is 776. The fraction of sp³-hybridized carbons (Fsp3) is 0.357. The van der Waals surface area contributed by atoms with Crippen LogP contribution in [-0.2, 0) is 6.54 Å². The Morgan fingerprint density at radius 2 is 2.08 bits per heavy atom. The van der Waals surface area contributed by atoms with Gasteiger partial charge in [-0.25, -0.2) is 15.0 Å². The summed E-state index contributed by atoms with van der Waals surface area (Å²) in [5, 5.41) is 32.1. The van der Waals surface area contributed by atoms with Crippen LogP contribution < -0.4 is 10.2 Å². The molecule has 0 radical (unpaired) electrons. The molecular formula is C14H15N9O2. The molecule has 0 fully saturated rings. The highest BCUT2D eigenvalue weighted by atomic mass is 16.6. The van der Waals surface area contributed by atoms with Crippen LogP contribution in [0.3, 0.4) is 0 Å². The monoisotopic (exact) mass is 341 g/mol. The average molecular weight is 341 g/mol. The van der Waals surface area contributed by atoms with Gasteiger partial charge in [-0.15, -0.1) is 0 Å². The normalized spacial score (nSPS) is 9.84. The Balaban J connectivity index is 2.14. The largest absolute Gasteiger partial charge is 0.364 e. The number of aryl methyl sites for hydroxylation is 1. The maximum absolute atomic E-state index is 11.5. The highest BCUT2D eigenvalue weighted by Gasteiger charge is 2.26. The molecule has 0 amide bonds. The molecule has 0 bridgehead atoms. The zero-order valence-electron chi connectivity index (χ0n) is 13.2. The number of rotatable bonds is 9. The van der Waals surface area contributed by atoms with E-state index in [0.29, 0.717) is 19.5 Å². The maximum atomic E-state index is 11.5. The number of nitro groups is 1. The van der Waals surface area contributed by atoms with Crippen LogP contribution in [0, 0.1) is 32.8 Å². The summed E-state index contributed by atoms with van der Waals surface area (Å²) in [6, 6.07) is 3.73. The molecule has 2 aromatic heterocycles. The minimum atomic E-state index is -0.616. The smallest absolute Gasteiger partial charge is 0.353 e. The van der Waals surface area contributed by atoms with Gasteiger partial charge in [-0.2, -0.15) is 10.5 Å². The van der Waals surface area contributed by atoms with Gasteiger partial charge < -0.3 is 14.8 Å². The van der Waals surface area contributed by atoms with Gasteiger partial charge in [0.05, 0.1) is 23.4 Å². The van der Waals surface area contributed by atoms with Crippen molar-refractivity contribution in [1.82, 2.24) is 19.5 Å². The molecule has 1 N–H and O–H groups in total. The van der Waals surface area contributed by atoms with E-state index in [9.17, 15) is 10.1 Å². The second kappa shape index (κ2) is 8.79. The molecule has 0 saturated heterocycles. The van der Waals surface area contributed by atoms with Crippen molar-refractivity contribution in [3.8, 4) is 12.1 Å². The van der Waals surface area contributed by atoms with Gasteiger partial charge in [0.1, 0.15) is 19.4 Å². The molecule has 11 nitrogen and oxygen atoms in total. The Kier molecular flexibility index (Phi) is 6.19. The Morgan fingerprint density at radius 1 is 1.32 bits per heavy atom. The number of imidazole rings is 1. The van der Waals surface area contributed by atoms with Gasteiger partial charge in [0, 0.05) is 25.5 Å². The van der Waals surface area contributed by atoms with E-state index in [1.54, 1.807) is 12.5 Å². The zero-order chi connectivity index (χ0) is 18.1. The summed E-state index contributed by atoms with van der Waals surface area (Å²) >= 11 is 0. The molecule has 25 heavy (non-hydrogen) atoms. The van der Waals surface area contributed by atoms with Crippen molar-refractivity contribution < 1.29 is 4.92 Å². The van der Waals surface area contributed by atoms with E-state index < -0.39 is 4.92 Å². The van der Waals surface area contributed by atoms with Crippen molar-refractivity contribution in [3.63, 3.8) is 0 Å². The van der Waals surface area contributed by atoms with E-state index in [0.717, 1.165) is 0 Å². The van der Waals surface area contributed by atoms with E-state index in [4.69, 9.17) is 10.5 Å². The van der Waals surface area contributed by atoms with Gasteiger partial charge in [-0.3, -0.25) is 10.1 Å². The topological polar surface area (TPSA) is 150 Å². The SMILES string of the molecule is N#CCN(CC#N)c1ncnc(NCCCn2ccnc2)c1[N+](=O)[O-]. The van der Waals surface area contributed by atoms with Gasteiger partial charge in [0.25, 0.3) is 0 Å². The fourth-order valence-corrected chi connectivity index (χ4v) is 2.16. The van der Waals surface area contributed by atoms with Crippen LogP contribution in [0.5, 0.6) is 0 Å². The minimum absolute atomic E-state index is 0.0554. The average Bonchev–Trinajstić information content (AvgIpc) is 3.11. The summed E-state index contributed by atoms with van der Waals surface area (Å²) in [6.45, 7) is 0.774. The predicted octanol–water partition coefficient (Wildman–Crippen LogP) is 0.937. The minimum Gasteiger partial charge on any atom is -0.364 e. The first-order chi connectivity index (χ1) is 12.2. The number of nitriles is 2. The number of nitrogens with one attached hydrogen (secondary N) is 1. The van der Waals surface area contributed by atoms with Crippen molar-refractivity contribution in [2.75, 3.05) is 29.9 Å². The second-order valence-corrected chi connectivity index (χ2v) is 4.90. The molecule has 2 rings (SSSR count). The van der Waals surface area contributed by atoms with E-state index in [2.05, 4.69) is 20.3 Å². The lowest BCUT2D eigenvalue weighted by Gasteiger charge is -2.17. The zero-order valence-corrected chi connectivity index (χ0v) is 13.2. The third kappa shape index (κ3) is 4.62. The van der Waals surface area contributed by atoms with Crippen molar-refractivity contribution in [1.29, 1.82) is 10.5 Å². The molecule has 0 spiro atoms. The Hall–Kier alpha value is -3.73. The summed E-state index contributed by atoms with van der Waals surface area (Å²) in [6.07, 6.45) is 7.06. The molecule has 11 heteroatoms. The summed E-state index contributed by atoms with van der Waals surface area (Å²) < 4.78 is 1.89. The van der Waals surface area contributed by atoms with Gasteiger partial charge in [-0.05, 0) is 6.42 Å². The first-order valence-electron chi connectivity index (χ1n) is 7.35. The summed E-state index contributed by atoms with van der Waals surface area (Å²) in [5.74, 6) is 0.00159. The third-order valence-corrected chi connectivity index (χ3v) is 3.25. The van der Waals surface area contributed by atoms with E-state index in [1.165, 1.54) is 11.2 Å². The van der Waals surface area contributed by atoms with E-state index in [1.807, 2.05) is 22.9 Å². The van der Waals surface area contributed by atoms with Crippen LogP contribution in [0.2, 0.25) is 0 Å². The molecule has 128 valence electrons.